The van der Waals surface area contributed by atoms with Gasteiger partial charge in [0, 0.05) is 7.11 Å². The smallest absolute Gasteiger partial charge is 0.162 e. The van der Waals surface area contributed by atoms with Gasteiger partial charge in [0.1, 0.15) is 10.8 Å². The highest BCUT2D eigenvalue weighted by atomic mass is 127. The lowest BCUT2D eigenvalue weighted by Gasteiger charge is -2.34. The van der Waals surface area contributed by atoms with Crippen molar-refractivity contribution in [2.75, 3.05) is 7.11 Å². The summed E-state index contributed by atoms with van der Waals surface area (Å²) in [5.74, 6) is 0.752. The van der Waals surface area contributed by atoms with Crippen molar-refractivity contribution in [3.05, 3.63) is 20.2 Å². The molecule has 0 spiro atoms. The summed E-state index contributed by atoms with van der Waals surface area (Å²) in [6, 6.07) is 0. The Labute approximate surface area is 120 Å². The second-order valence-corrected chi connectivity index (χ2v) is 5.93. The molecule has 94 valence electrons. The molecule has 0 saturated heterocycles. The highest BCUT2D eigenvalue weighted by Crippen LogP contribution is 2.39. The molecule has 1 aliphatic rings. The van der Waals surface area contributed by atoms with Gasteiger partial charge in [0.15, 0.2) is 5.82 Å². The number of aryl methyl sites for hydroxylation is 1. The van der Waals surface area contributed by atoms with Crippen LogP contribution in [-0.2, 0) is 10.3 Å². The van der Waals surface area contributed by atoms with Crippen LogP contribution in [0.3, 0.4) is 0 Å². The van der Waals surface area contributed by atoms with Crippen LogP contribution in [0.25, 0.3) is 0 Å². The Kier molecular flexibility index (Phi) is 4.26. The zero-order chi connectivity index (χ0) is 12.5. The second-order valence-electron chi connectivity index (χ2n) is 4.50. The maximum absolute atomic E-state index is 6.14. The average Bonchev–Trinajstić information content (AvgIpc) is 2.36. The molecular formula is C12H16ClIN2O. The van der Waals surface area contributed by atoms with Gasteiger partial charge in [0.2, 0.25) is 0 Å². The molecule has 0 aromatic carbocycles. The van der Waals surface area contributed by atoms with E-state index in [4.69, 9.17) is 16.3 Å². The summed E-state index contributed by atoms with van der Waals surface area (Å²) in [5.41, 5.74) is 0.611. The summed E-state index contributed by atoms with van der Waals surface area (Å²) in [4.78, 5) is 8.99. The predicted octanol–water partition coefficient (Wildman–Crippen LogP) is 3.85. The summed E-state index contributed by atoms with van der Waals surface area (Å²) in [6.45, 7) is 1.96. The first-order chi connectivity index (χ1) is 8.09. The molecule has 2 rings (SSSR count). The topological polar surface area (TPSA) is 35.0 Å². The van der Waals surface area contributed by atoms with Gasteiger partial charge in [-0.25, -0.2) is 9.97 Å². The minimum absolute atomic E-state index is 0.322. The largest absolute Gasteiger partial charge is 0.370 e. The van der Waals surface area contributed by atoms with Crippen LogP contribution in [0.5, 0.6) is 0 Å². The quantitative estimate of drug-likeness (QED) is 0.589. The van der Waals surface area contributed by atoms with Crippen molar-refractivity contribution in [3.8, 4) is 0 Å². The zero-order valence-corrected chi connectivity index (χ0v) is 13.0. The number of rotatable bonds is 2. The predicted molar refractivity (Wildman–Crippen MR) is 76.3 cm³/mol. The number of hydrogen-bond acceptors (Lipinski definition) is 3. The number of methoxy groups -OCH3 is 1. The van der Waals surface area contributed by atoms with Crippen LogP contribution in [0, 0.1) is 10.5 Å². The van der Waals surface area contributed by atoms with Crippen molar-refractivity contribution in [2.24, 2.45) is 0 Å². The fourth-order valence-electron chi connectivity index (χ4n) is 2.37. The zero-order valence-electron chi connectivity index (χ0n) is 10.1. The standard InChI is InChI=1S/C12H16ClIN2O/c1-8-9(14)10(13)16-11(15-8)12(17-2)6-4-3-5-7-12/h3-7H2,1-2H3. The van der Waals surface area contributed by atoms with Crippen LogP contribution < -0.4 is 0 Å². The molecule has 1 heterocycles. The van der Waals surface area contributed by atoms with Crippen LogP contribution in [0.15, 0.2) is 0 Å². The van der Waals surface area contributed by atoms with Gasteiger partial charge < -0.3 is 4.74 Å². The number of aromatic nitrogens is 2. The number of hydrogen-bond donors (Lipinski definition) is 0. The molecular weight excluding hydrogens is 351 g/mol. The molecule has 0 unspecified atom stereocenters. The van der Waals surface area contributed by atoms with Crippen molar-refractivity contribution in [2.45, 2.75) is 44.6 Å². The van der Waals surface area contributed by atoms with E-state index < -0.39 is 0 Å². The van der Waals surface area contributed by atoms with Crippen LogP contribution in [0.1, 0.15) is 43.6 Å². The molecule has 0 aliphatic heterocycles. The Morgan fingerprint density at radius 3 is 2.41 bits per heavy atom. The van der Waals surface area contributed by atoms with E-state index in [1.54, 1.807) is 7.11 Å². The third kappa shape index (κ3) is 2.58. The van der Waals surface area contributed by atoms with E-state index in [9.17, 15) is 0 Å². The minimum Gasteiger partial charge on any atom is -0.370 e. The van der Waals surface area contributed by atoms with Gasteiger partial charge in [0.25, 0.3) is 0 Å². The molecule has 1 aliphatic carbocycles. The van der Waals surface area contributed by atoms with E-state index in [1.807, 2.05) is 6.92 Å². The Balaban J connectivity index is 2.43. The molecule has 17 heavy (non-hydrogen) atoms. The van der Waals surface area contributed by atoms with Gasteiger partial charge in [0.05, 0.1) is 9.26 Å². The van der Waals surface area contributed by atoms with Gasteiger partial charge in [-0.3, -0.25) is 0 Å². The second kappa shape index (κ2) is 5.36. The minimum atomic E-state index is -0.322. The molecule has 1 aromatic rings. The van der Waals surface area contributed by atoms with Gasteiger partial charge >= 0.3 is 0 Å². The maximum Gasteiger partial charge on any atom is 0.162 e. The number of nitrogens with zero attached hydrogens (tertiary/aromatic N) is 2. The number of ether oxygens (including phenoxy) is 1. The summed E-state index contributed by atoms with van der Waals surface area (Å²) in [7, 11) is 1.75. The van der Waals surface area contributed by atoms with Crippen LogP contribution >= 0.6 is 34.2 Å². The third-order valence-corrected chi connectivity index (χ3v) is 5.32. The molecule has 1 aromatic heterocycles. The first-order valence-corrected chi connectivity index (χ1v) is 7.30. The SMILES string of the molecule is COC1(c2nc(C)c(I)c(Cl)n2)CCCCC1. The van der Waals surface area contributed by atoms with E-state index in [0.29, 0.717) is 5.15 Å². The summed E-state index contributed by atoms with van der Waals surface area (Å²) >= 11 is 8.32. The Hall–Kier alpha value is 0.0600. The van der Waals surface area contributed by atoms with Crippen molar-refractivity contribution in [1.82, 2.24) is 9.97 Å². The van der Waals surface area contributed by atoms with Crippen molar-refractivity contribution < 1.29 is 4.74 Å². The summed E-state index contributed by atoms with van der Waals surface area (Å²) < 4.78 is 6.65. The van der Waals surface area contributed by atoms with Crippen LogP contribution in [-0.4, -0.2) is 17.1 Å². The summed E-state index contributed by atoms with van der Waals surface area (Å²) in [5, 5.41) is 0.537. The highest BCUT2D eigenvalue weighted by molar-refractivity contribution is 14.1. The first kappa shape index (κ1) is 13.5. The fourth-order valence-corrected chi connectivity index (χ4v) is 2.83. The molecule has 1 fully saturated rings. The molecule has 0 atom stereocenters. The number of halogens is 2. The monoisotopic (exact) mass is 366 g/mol. The van der Waals surface area contributed by atoms with Gasteiger partial charge in [-0.05, 0) is 42.4 Å². The molecule has 1 saturated carbocycles. The Bertz CT molecular complexity index is 396. The van der Waals surface area contributed by atoms with E-state index in [0.717, 1.165) is 27.9 Å². The maximum atomic E-state index is 6.14. The molecule has 0 N–H and O–H groups in total. The van der Waals surface area contributed by atoms with Gasteiger partial charge in [-0.2, -0.15) is 0 Å². The Morgan fingerprint density at radius 2 is 1.88 bits per heavy atom. The van der Waals surface area contributed by atoms with Gasteiger partial charge in [-0.15, -0.1) is 0 Å². The lowest BCUT2D eigenvalue weighted by molar-refractivity contribution is -0.0516. The normalized spacial score (nSPS) is 19.3. The molecule has 0 amide bonds. The molecule has 3 nitrogen and oxygen atoms in total. The molecule has 5 heteroatoms. The Morgan fingerprint density at radius 1 is 1.24 bits per heavy atom. The van der Waals surface area contributed by atoms with Crippen LogP contribution in [0.4, 0.5) is 0 Å². The lowest BCUT2D eigenvalue weighted by Crippen LogP contribution is -2.33. The molecule has 0 radical (unpaired) electrons. The fraction of sp³-hybridized carbons (Fsp3) is 0.667. The first-order valence-electron chi connectivity index (χ1n) is 5.84. The molecule has 0 bridgehead atoms. The lowest BCUT2D eigenvalue weighted by atomic mass is 9.84. The van der Waals surface area contributed by atoms with Gasteiger partial charge in [-0.1, -0.05) is 30.9 Å². The van der Waals surface area contributed by atoms with E-state index in [1.165, 1.54) is 19.3 Å². The van der Waals surface area contributed by atoms with Crippen molar-refractivity contribution in [1.29, 1.82) is 0 Å². The van der Waals surface area contributed by atoms with Crippen LogP contribution in [0.2, 0.25) is 5.15 Å². The highest BCUT2D eigenvalue weighted by Gasteiger charge is 2.37. The van der Waals surface area contributed by atoms with Crippen molar-refractivity contribution >= 4 is 34.2 Å². The average molecular weight is 367 g/mol. The van der Waals surface area contributed by atoms with E-state index >= 15 is 0 Å². The van der Waals surface area contributed by atoms with E-state index in [2.05, 4.69) is 32.6 Å². The third-order valence-electron chi connectivity index (χ3n) is 3.44. The summed E-state index contributed by atoms with van der Waals surface area (Å²) in [6.07, 6.45) is 5.57. The van der Waals surface area contributed by atoms with E-state index in [-0.39, 0.29) is 5.60 Å². The van der Waals surface area contributed by atoms with Crippen molar-refractivity contribution in [3.63, 3.8) is 0 Å².